The second kappa shape index (κ2) is 25.6. The van der Waals surface area contributed by atoms with Crippen LogP contribution in [0.1, 0.15) is 156 Å². The van der Waals surface area contributed by atoms with Gasteiger partial charge in [-0.2, -0.15) is 0 Å². The number of carbonyl (C=O) groups is 2. The molecule has 0 saturated carbocycles. The Morgan fingerprint density at radius 2 is 0.939 bits per heavy atom. The van der Waals surface area contributed by atoms with E-state index in [2.05, 4.69) is 20.8 Å². The summed E-state index contributed by atoms with van der Waals surface area (Å²) in [5, 5.41) is 0. The lowest BCUT2D eigenvalue weighted by Crippen LogP contribution is -2.08. The third-order valence-electron chi connectivity index (χ3n) is 6.44. The van der Waals surface area contributed by atoms with E-state index in [9.17, 15) is 9.59 Å². The minimum absolute atomic E-state index is 0.0273. The highest BCUT2D eigenvalue weighted by atomic mass is 16.5. The van der Waals surface area contributed by atoms with Crippen molar-refractivity contribution in [1.29, 1.82) is 0 Å². The molecule has 0 N–H and O–H groups in total. The van der Waals surface area contributed by atoms with Crippen LogP contribution in [0.15, 0.2) is 0 Å². The molecule has 0 aromatic heterocycles. The fourth-order valence-electron chi connectivity index (χ4n) is 4.08. The number of hydrogen-bond donors (Lipinski definition) is 0. The Kier molecular flexibility index (Phi) is 24.7. The van der Waals surface area contributed by atoms with E-state index in [1.807, 2.05) is 0 Å². The second-order valence-corrected chi connectivity index (χ2v) is 9.93. The van der Waals surface area contributed by atoms with Gasteiger partial charge < -0.3 is 9.47 Å². The minimum Gasteiger partial charge on any atom is -0.466 e. The Labute approximate surface area is 206 Å². The van der Waals surface area contributed by atoms with Crippen LogP contribution in [0.3, 0.4) is 0 Å². The largest absolute Gasteiger partial charge is 0.466 e. The molecule has 0 heterocycles. The van der Waals surface area contributed by atoms with Gasteiger partial charge in [0.2, 0.25) is 0 Å². The van der Waals surface area contributed by atoms with Gasteiger partial charge in [-0.3, -0.25) is 9.59 Å². The Morgan fingerprint density at radius 3 is 1.48 bits per heavy atom. The molecule has 33 heavy (non-hydrogen) atoms. The van der Waals surface area contributed by atoms with E-state index in [-0.39, 0.29) is 11.9 Å². The van der Waals surface area contributed by atoms with Crippen molar-refractivity contribution in [3.63, 3.8) is 0 Å². The molecule has 0 amide bonds. The van der Waals surface area contributed by atoms with Gasteiger partial charge >= 0.3 is 11.9 Å². The summed E-state index contributed by atoms with van der Waals surface area (Å²) in [5.74, 6) is 0.517. The van der Waals surface area contributed by atoms with Gasteiger partial charge in [0, 0.05) is 12.8 Å². The van der Waals surface area contributed by atoms with Crippen LogP contribution >= 0.6 is 0 Å². The van der Waals surface area contributed by atoms with Gasteiger partial charge in [0.25, 0.3) is 0 Å². The molecular weight excluding hydrogens is 412 g/mol. The number of rotatable bonds is 25. The number of ether oxygens (including phenoxy) is 2. The summed E-state index contributed by atoms with van der Waals surface area (Å²) in [4.78, 5) is 23.6. The van der Waals surface area contributed by atoms with Gasteiger partial charge in [-0.25, -0.2) is 0 Å². The maximum absolute atomic E-state index is 11.9. The fraction of sp³-hybridized carbons (Fsp3) is 0.931. The van der Waals surface area contributed by atoms with Gasteiger partial charge in [-0.1, -0.05) is 117 Å². The molecule has 0 fully saturated rings. The van der Waals surface area contributed by atoms with E-state index >= 15 is 0 Å². The van der Waals surface area contributed by atoms with E-state index < -0.39 is 0 Å². The molecule has 4 nitrogen and oxygen atoms in total. The van der Waals surface area contributed by atoms with Crippen molar-refractivity contribution in [2.45, 2.75) is 156 Å². The summed E-state index contributed by atoms with van der Waals surface area (Å²) < 4.78 is 10.7. The smallest absolute Gasteiger partial charge is 0.305 e. The van der Waals surface area contributed by atoms with E-state index in [0.29, 0.717) is 32.0 Å². The zero-order chi connectivity index (χ0) is 24.4. The molecule has 0 bridgehead atoms. The lowest BCUT2D eigenvalue weighted by atomic mass is 9.97. The Hall–Kier alpha value is -1.06. The van der Waals surface area contributed by atoms with Crippen molar-refractivity contribution in [1.82, 2.24) is 0 Å². The first-order valence-electron chi connectivity index (χ1n) is 14.4. The molecule has 0 aliphatic rings. The average molecular weight is 469 g/mol. The first-order chi connectivity index (χ1) is 16.1. The lowest BCUT2D eigenvalue weighted by Gasteiger charge is -2.11. The van der Waals surface area contributed by atoms with E-state index in [1.54, 1.807) is 0 Å². The molecule has 1 atom stereocenters. The maximum Gasteiger partial charge on any atom is 0.305 e. The van der Waals surface area contributed by atoms with Gasteiger partial charge in [0.05, 0.1) is 13.2 Å². The summed E-state index contributed by atoms with van der Waals surface area (Å²) in [5.41, 5.74) is 0. The van der Waals surface area contributed by atoms with Crippen LogP contribution in [0.5, 0.6) is 0 Å². The first kappa shape index (κ1) is 31.9. The average Bonchev–Trinajstić information content (AvgIpc) is 2.81. The molecule has 0 saturated heterocycles. The minimum atomic E-state index is -0.0289. The van der Waals surface area contributed by atoms with Crippen LogP contribution < -0.4 is 0 Å². The summed E-state index contributed by atoms with van der Waals surface area (Å²) in [6.07, 6.45) is 23.5. The highest BCUT2D eigenvalue weighted by Crippen LogP contribution is 2.17. The predicted molar refractivity (Wildman–Crippen MR) is 139 cm³/mol. The van der Waals surface area contributed by atoms with E-state index in [0.717, 1.165) is 32.1 Å². The van der Waals surface area contributed by atoms with Crippen LogP contribution in [0, 0.1) is 5.92 Å². The summed E-state index contributed by atoms with van der Waals surface area (Å²) >= 11 is 0. The molecule has 0 aromatic carbocycles. The van der Waals surface area contributed by atoms with E-state index in [1.165, 1.54) is 89.9 Å². The normalized spacial score (nSPS) is 12.0. The van der Waals surface area contributed by atoms with Crippen LogP contribution in [-0.4, -0.2) is 25.2 Å². The SMILES string of the molecule is CCCCCCCCOC(=O)CCCCCCCC(C)CCC(=O)OCCCCCCCC. The third kappa shape index (κ3) is 25.4. The molecule has 0 aliphatic carbocycles. The maximum atomic E-state index is 11.9. The van der Waals surface area contributed by atoms with Crippen molar-refractivity contribution in [2.24, 2.45) is 5.92 Å². The molecule has 0 aromatic rings. The highest BCUT2D eigenvalue weighted by Gasteiger charge is 2.08. The van der Waals surface area contributed by atoms with Crippen molar-refractivity contribution in [3.05, 3.63) is 0 Å². The topological polar surface area (TPSA) is 52.6 Å². The fourth-order valence-corrected chi connectivity index (χ4v) is 4.08. The Morgan fingerprint density at radius 1 is 0.515 bits per heavy atom. The molecule has 0 aliphatic heterocycles. The standard InChI is InChI=1S/C29H56O4/c1-4-6-8-10-15-19-25-32-28(30)22-18-14-12-13-17-21-27(3)23-24-29(31)33-26-20-16-11-9-7-5-2/h27H,4-26H2,1-3H3. The highest BCUT2D eigenvalue weighted by molar-refractivity contribution is 5.69. The summed E-state index contributed by atoms with van der Waals surface area (Å²) in [6.45, 7) is 7.87. The molecular formula is C29H56O4. The van der Waals surface area contributed by atoms with Gasteiger partial charge in [-0.05, 0) is 31.6 Å². The van der Waals surface area contributed by atoms with Gasteiger partial charge in [0.15, 0.2) is 0 Å². The Bertz CT molecular complexity index is 435. The number of hydrogen-bond acceptors (Lipinski definition) is 4. The quantitative estimate of drug-likeness (QED) is 0.0991. The van der Waals surface area contributed by atoms with Crippen molar-refractivity contribution >= 4 is 11.9 Å². The second-order valence-electron chi connectivity index (χ2n) is 9.93. The number of unbranched alkanes of at least 4 members (excludes halogenated alkanes) is 14. The van der Waals surface area contributed by atoms with Gasteiger partial charge in [-0.15, -0.1) is 0 Å². The zero-order valence-corrected chi connectivity index (χ0v) is 22.5. The summed E-state index contributed by atoms with van der Waals surface area (Å²) in [6, 6.07) is 0. The Balaban J connectivity index is 3.38. The van der Waals surface area contributed by atoms with Crippen LogP contribution in [0.2, 0.25) is 0 Å². The van der Waals surface area contributed by atoms with Gasteiger partial charge in [0.1, 0.15) is 0 Å². The molecule has 196 valence electrons. The van der Waals surface area contributed by atoms with Crippen molar-refractivity contribution < 1.29 is 19.1 Å². The molecule has 0 spiro atoms. The van der Waals surface area contributed by atoms with Crippen molar-refractivity contribution in [3.8, 4) is 0 Å². The molecule has 1 unspecified atom stereocenters. The third-order valence-corrected chi connectivity index (χ3v) is 6.44. The molecule has 0 radical (unpaired) electrons. The van der Waals surface area contributed by atoms with Crippen LogP contribution in [-0.2, 0) is 19.1 Å². The van der Waals surface area contributed by atoms with Crippen molar-refractivity contribution in [2.75, 3.05) is 13.2 Å². The monoisotopic (exact) mass is 468 g/mol. The molecule has 4 heteroatoms. The zero-order valence-electron chi connectivity index (χ0n) is 22.5. The van der Waals surface area contributed by atoms with Crippen LogP contribution in [0.4, 0.5) is 0 Å². The van der Waals surface area contributed by atoms with Crippen LogP contribution in [0.25, 0.3) is 0 Å². The number of esters is 2. The molecule has 0 rings (SSSR count). The first-order valence-corrected chi connectivity index (χ1v) is 14.4. The van der Waals surface area contributed by atoms with E-state index in [4.69, 9.17) is 9.47 Å². The lowest BCUT2D eigenvalue weighted by molar-refractivity contribution is -0.145. The summed E-state index contributed by atoms with van der Waals surface area (Å²) in [7, 11) is 0. The number of carbonyl (C=O) groups excluding carboxylic acids is 2. The predicted octanol–water partition coefficient (Wildman–Crippen LogP) is 8.94.